The zero-order chi connectivity index (χ0) is 18.8. The maximum atomic E-state index is 10.6. The van der Waals surface area contributed by atoms with Gasteiger partial charge in [0.05, 0.1) is 36.2 Å². The van der Waals surface area contributed by atoms with Gasteiger partial charge < -0.3 is 14.4 Å². The van der Waals surface area contributed by atoms with Gasteiger partial charge in [-0.1, -0.05) is 0 Å². The van der Waals surface area contributed by atoms with E-state index < -0.39 is 6.10 Å². The molecule has 27 heavy (non-hydrogen) atoms. The number of aliphatic hydroxyl groups excluding tert-OH is 1. The molecule has 6 heteroatoms. The van der Waals surface area contributed by atoms with Crippen LogP contribution in [0.3, 0.4) is 0 Å². The minimum Gasteiger partial charge on any atom is -0.487 e. The number of likely N-dealkylation sites (tertiary alicyclic amines) is 1. The Morgan fingerprint density at radius 3 is 2.93 bits per heavy atom. The molecule has 1 aromatic carbocycles. The van der Waals surface area contributed by atoms with Crippen molar-refractivity contribution in [1.29, 1.82) is 0 Å². The first-order valence-electron chi connectivity index (χ1n) is 9.47. The van der Waals surface area contributed by atoms with Crippen LogP contribution in [-0.4, -0.2) is 56.4 Å². The van der Waals surface area contributed by atoms with Gasteiger partial charge in [-0.05, 0) is 55.7 Å². The molecule has 1 N–H and O–H groups in total. The highest BCUT2D eigenvalue weighted by Gasteiger charge is 2.25. The predicted molar refractivity (Wildman–Crippen MR) is 105 cm³/mol. The van der Waals surface area contributed by atoms with Crippen LogP contribution >= 0.6 is 0 Å². The molecule has 3 heterocycles. The van der Waals surface area contributed by atoms with Gasteiger partial charge in [-0.3, -0.25) is 9.88 Å². The summed E-state index contributed by atoms with van der Waals surface area (Å²) in [6.45, 7) is 7.15. The highest BCUT2D eigenvalue weighted by Crippen LogP contribution is 2.20. The zero-order valence-electron chi connectivity index (χ0n) is 15.9. The van der Waals surface area contributed by atoms with Gasteiger partial charge in [0.15, 0.2) is 0 Å². The Labute approximate surface area is 159 Å². The fourth-order valence-corrected chi connectivity index (χ4v) is 3.71. The third-order valence-electron chi connectivity index (χ3n) is 5.28. The number of imidazole rings is 1. The van der Waals surface area contributed by atoms with Crippen molar-refractivity contribution in [3.05, 3.63) is 54.1 Å². The minimum absolute atomic E-state index is 0.154. The molecule has 0 unspecified atom stereocenters. The molecule has 142 valence electrons. The van der Waals surface area contributed by atoms with Crippen molar-refractivity contribution >= 4 is 11.0 Å². The number of aliphatic hydroxyl groups is 1. The predicted octanol–water partition coefficient (Wildman–Crippen LogP) is 2.56. The summed E-state index contributed by atoms with van der Waals surface area (Å²) in [6.07, 6.45) is 5.99. The van der Waals surface area contributed by atoms with Crippen molar-refractivity contribution in [1.82, 2.24) is 19.4 Å². The molecule has 0 saturated carbocycles. The quantitative estimate of drug-likeness (QED) is 0.726. The Morgan fingerprint density at radius 2 is 2.11 bits per heavy atom. The summed E-state index contributed by atoms with van der Waals surface area (Å²) in [5.41, 5.74) is 4.55. The highest BCUT2D eigenvalue weighted by molar-refractivity contribution is 5.77. The van der Waals surface area contributed by atoms with Crippen molar-refractivity contribution in [2.24, 2.45) is 0 Å². The van der Waals surface area contributed by atoms with Crippen molar-refractivity contribution in [2.45, 2.75) is 39.0 Å². The molecule has 0 radical (unpaired) electrons. The van der Waals surface area contributed by atoms with Gasteiger partial charge in [-0.25, -0.2) is 4.98 Å². The SMILES string of the molecule is Cc1cc2ncn(C[C@@H](O)CN3CC[C@@H](Oc4cccnc4)C3)c2cc1C. The number of fused-ring (bicyclic) bond motifs is 1. The lowest BCUT2D eigenvalue weighted by molar-refractivity contribution is 0.103. The first-order chi connectivity index (χ1) is 13.1. The van der Waals surface area contributed by atoms with Gasteiger partial charge in [-0.15, -0.1) is 0 Å². The Hall–Kier alpha value is -2.44. The molecule has 0 bridgehead atoms. The van der Waals surface area contributed by atoms with E-state index in [4.69, 9.17) is 4.74 Å². The van der Waals surface area contributed by atoms with Crippen molar-refractivity contribution in [3.8, 4) is 5.75 Å². The van der Waals surface area contributed by atoms with E-state index in [1.807, 2.05) is 23.0 Å². The Kier molecular flexibility index (Phi) is 5.09. The third-order valence-corrected chi connectivity index (χ3v) is 5.28. The summed E-state index contributed by atoms with van der Waals surface area (Å²) in [5.74, 6) is 0.806. The number of aromatic nitrogens is 3. The summed E-state index contributed by atoms with van der Waals surface area (Å²) in [5, 5.41) is 10.6. The van der Waals surface area contributed by atoms with Gasteiger partial charge in [0, 0.05) is 25.8 Å². The lowest BCUT2D eigenvalue weighted by Crippen LogP contribution is -2.34. The molecule has 4 rings (SSSR count). The van der Waals surface area contributed by atoms with Crippen LogP contribution in [0.5, 0.6) is 5.75 Å². The van der Waals surface area contributed by atoms with E-state index >= 15 is 0 Å². The van der Waals surface area contributed by atoms with Gasteiger partial charge >= 0.3 is 0 Å². The van der Waals surface area contributed by atoms with Crippen LogP contribution in [-0.2, 0) is 6.54 Å². The van der Waals surface area contributed by atoms with Crippen LogP contribution in [0.15, 0.2) is 43.0 Å². The molecular weight excluding hydrogens is 340 g/mol. The molecule has 6 nitrogen and oxygen atoms in total. The topological polar surface area (TPSA) is 63.4 Å². The van der Waals surface area contributed by atoms with Crippen LogP contribution in [0.1, 0.15) is 17.5 Å². The van der Waals surface area contributed by atoms with Crippen molar-refractivity contribution < 1.29 is 9.84 Å². The third kappa shape index (κ3) is 4.12. The molecule has 2 aromatic heterocycles. The largest absolute Gasteiger partial charge is 0.487 e. The van der Waals surface area contributed by atoms with E-state index in [0.717, 1.165) is 36.3 Å². The summed E-state index contributed by atoms with van der Waals surface area (Å²) >= 11 is 0. The Morgan fingerprint density at radius 1 is 1.26 bits per heavy atom. The van der Waals surface area contributed by atoms with Gasteiger partial charge in [0.1, 0.15) is 11.9 Å². The number of hydrogen-bond acceptors (Lipinski definition) is 5. The van der Waals surface area contributed by atoms with E-state index in [-0.39, 0.29) is 6.10 Å². The summed E-state index contributed by atoms with van der Waals surface area (Å²) in [7, 11) is 0. The molecule has 3 aromatic rings. The van der Waals surface area contributed by atoms with Crippen LogP contribution in [0, 0.1) is 13.8 Å². The number of aryl methyl sites for hydroxylation is 2. The number of benzene rings is 1. The molecule has 0 spiro atoms. The maximum absolute atomic E-state index is 10.6. The van der Waals surface area contributed by atoms with Crippen LogP contribution < -0.4 is 4.74 Å². The standard InChI is InChI=1S/C21H26N4O2/c1-15-8-20-21(9-16(15)2)25(14-23-20)12-17(26)11-24-7-5-19(13-24)27-18-4-3-6-22-10-18/h3-4,6,8-10,14,17,19,26H,5,7,11-13H2,1-2H3/t17-,19+/m0/s1. The van der Waals surface area contributed by atoms with E-state index in [9.17, 15) is 5.11 Å². The summed E-state index contributed by atoms with van der Waals surface area (Å²) in [4.78, 5) is 10.8. The summed E-state index contributed by atoms with van der Waals surface area (Å²) in [6, 6.07) is 8.06. The number of β-amino-alcohol motifs (C(OH)–C–C–N with tert-alkyl or cyclic N) is 1. The van der Waals surface area contributed by atoms with Gasteiger partial charge in [0.2, 0.25) is 0 Å². The maximum Gasteiger partial charge on any atom is 0.138 e. The van der Waals surface area contributed by atoms with Gasteiger partial charge in [0.25, 0.3) is 0 Å². The van der Waals surface area contributed by atoms with Crippen LogP contribution in [0.4, 0.5) is 0 Å². The number of nitrogens with zero attached hydrogens (tertiary/aromatic N) is 4. The fourth-order valence-electron chi connectivity index (χ4n) is 3.71. The van der Waals surface area contributed by atoms with Gasteiger partial charge in [-0.2, -0.15) is 0 Å². The van der Waals surface area contributed by atoms with Crippen molar-refractivity contribution in [3.63, 3.8) is 0 Å². The highest BCUT2D eigenvalue weighted by atomic mass is 16.5. The minimum atomic E-state index is -0.443. The second kappa shape index (κ2) is 7.66. The lowest BCUT2D eigenvalue weighted by Gasteiger charge is -2.21. The molecule has 1 fully saturated rings. The second-order valence-corrected chi connectivity index (χ2v) is 7.45. The molecule has 1 saturated heterocycles. The molecule has 1 aliphatic heterocycles. The van der Waals surface area contributed by atoms with Crippen molar-refractivity contribution in [2.75, 3.05) is 19.6 Å². The Balaban J connectivity index is 1.33. The number of pyridine rings is 1. The smallest absolute Gasteiger partial charge is 0.138 e. The van der Waals surface area contributed by atoms with E-state index in [0.29, 0.717) is 13.1 Å². The molecular formula is C21H26N4O2. The van der Waals surface area contributed by atoms with Crippen LogP contribution in [0.2, 0.25) is 0 Å². The molecule has 0 amide bonds. The molecule has 2 atom stereocenters. The normalized spacial score (nSPS) is 18.9. The average Bonchev–Trinajstić information content (AvgIpc) is 3.24. The second-order valence-electron chi connectivity index (χ2n) is 7.45. The number of ether oxygens (including phenoxy) is 1. The summed E-state index contributed by atoms with van der Waals surface area (Å²) < 4.78 is 8.02. The van der Waals surface area contributed by atoms with E-state index in [1.54, 1.807) is 12.4 Å². The zero-order valence-corrected chi connectivity index (χ0v) is 15.9. The Bertz CT molecular complexity index is 909. The monoisotopic (exact) mass is 366 g/mol. The fraction of sp³-hybridized carbons (Fsp3) is 0.429. The number of rotatable bonds is 6. The lowest BCUT2D eigenvalue weighted by atomic mass is 10.1. The first-order valence-corrected chi connectivity index (χ1v) is 9.47. The molecule has 1 aliphatic rings. The number of hydrogen-bond donors (Lipinski definition) is 1. The first kappa shape index (κ1) is 17.9. The van der Waals surface area contributed by atoms with Crippen LogP contribution in [0.25, 0.3) is 11.0 Å². The average molecular weight is 366 g/mol. The molecule has 0 aliphatic carbocycles. The van der Waals surface area contributed by atoms with E-state index in [1.165, 1.54) is 11.1 Å². The van der Waals surface area contributed by atoms with E-state index in [2.05, 4.69) is 40.8 Å².